The third-order valence-corrected chi connectivity index (χ3v) is 19.4. The van der Waals surface area contributed by atoms with Crippen LogP contribution in [0.2, 0.25) is 0 Å². The van der Waals surface area contributed by atoms with Gasteiger partial charge in [0.2, 0.25) is 0 Å². The second kappa shape index (κ2) is 8.05. The Labute approximate surface area is 181 Å². The molecule has 0 aliphatic rings. The Bertz CT molecular complexity index is 1190. The molecule has 0 spiro atoms. The first kappa shape index (κ1) is 25.6. The van der Waals surface area contributed by atoms with Crippen LogP contribution < -0.4 is 10.9 Å². The van der Waals surface area contributed by atoms with Gasteiger partial charge in [-0.3, -0.25) is 0 Å². The SMILES string of the molecule is Fc1n[c]([Sb]([Cl])([Cl])([c]2nc(F)c(F)c(F)c2F)[c]2nc(F)c(F)c(F)c2F)c(F)c(F)c1F. The summed E-state index contributed by atoms with van der Waals surface area (Å²) >= 11 is -8.36. The standard InChI is InChI=1S/3C5F4N.2ClH.Sb/c3*6-2-1-10-5(9)4(8)3(2)7;;;/h;;;2*1H;/q;;;;;+2/p-2. The van der Waals surface area contributed by atoms with Crippen molar-refractivity contribution in [2.24, 2.45) is 0 Å². The molecule has 3 aromatic rings. The van der Waals surface area contributed by atoms with Crippen molar-refractivity contribution in [2.75, 3.05) is 0 Å². The van der Waals surface area contributed by atoms with Gasteiger partial charge in [0, 0.05) is 0 Å². The molecule has 0 unspecified atom stereocenters. The molecule has 0 N–H and O–H groups in total. The van der Waals surface area contributed by atoms with Crippen LogP contribution in [-0.4, -0.2) is 30.1 Å². The van der Waals surface area contributed by atoms with Gasteiger partial charge in [-0.05, 0) is 0 Å². The molecule has 0 aliphatic heterocycles. The van der Waals surface area contributed by atoms with Gasteiger partial charge in [0.1, 0.15) is 0 Å². The van der Waals surface area contributed by atoms with Crippen LogP contribution in [0.1, 0.15) is 0 Å². The minimum atomic E-state index is -8.36. The second-order valence-corrected chi connectivity index (χ2v) is 24.9. The number of pyridine rings is 3. The average Bonchev–Trinajstić information content (AvgIpc) is 2.76. The molecule has 0 aromatic carbocycles. The molecule has 0 saturated carbocycles. The molecule has 3 nitrogen and oxygen atoms in total. The Morgan fingerprint density at radius 3 is 0.788 bits per heavy atom. The van der Waals surface area contributed by atoms with E-state index in [-0.39, 0.29) is 0 Å². The van der Waals surface area contributed by atoms with Gasteiger partial charge >= 0.3 is 182 Å². The summed E-state index contributed by atoms with van der Waals surface area (Å²) in [5.74, 6) is -32.4. The van der Waals surface area contributed by atoms with Crippen molar-refractivity contribution in [1.29, 1.82) is 0 Å². The van der Waals surface area contributed by atoms with E-state index in [0.717, 1.165) is 0 Å². The van der Waals surface area contributed by atoms with Gasteiger partial charge in [-0.2, -0.15) is 0 Å². The molecule has 0 aliphatic carbocycles. The number of hydrogen-bond acceptors (Lipinski definition) is 3. The molecular formula is C15Cl2F12N3Sb. The van der Waals surface area contributed by atoms with E-state index in [2.05, 4.69) is 15.0 Å². The second-order valence-electron chi connectivity index (χ2n) is 5.91. The van der Waals surface area contributed by atoms with Crippen molar-refractivity contribution in [1.82, 2.24) is 15.0 Å². The molecule has 0 bridgehead atoms. The fourth-order valence-corrected chi connectivity index (χ4v) is 14.8. The average molecular weight is 643 g/mol. The van der Waals surface area contributed by atoms with Crippen LogP contribution in [0.5, 0.6) is 0 Å². The Kier molecular flexibility index (Phi) is 6.25. The molecule has 0 radical (unpaired) electrons. The molecule has 18 heteroatoms. The molecule has 0 amide bonds. The van der Waals surface area contributed by atoms with Crippen molar-refractivity contribution in [3.8, 4) is 0 Å². The van der Waals surface area contributed by atoms with Gasteiger partial charge in [0.05, 0.1) is 0 Å². The zero-order valence-electron chi connectivity index (χ0n) is 14.6. The van der Waals surface area contributed by atoms with Crippen LogP contribution in [-0.2, 0) is 0 Å². The van der Waals surface area contributed by atoms with Gasteiger partial charge in [-0.25, -0.2) is 0 Å². The Hall–Kier alpha value is -1.99. The number of halogens is 14. The fraction of sp³-hybridized carbons (Fsp3) is 0. The zero-order valence-corrected chi connectivity index (χ0v) is 18.6. The Balaban J connectivity index is 2.70. The Morgan fingerprint density at radius 1 is 0.364 bits per heavy atom. The molecule has 0 fully saturated rings. The molecule has 3 heterocycles. The predicted molar refractivity (Wildman–Crippen MR) is 88.6 cm³/mol. The van der Waals surface area contributed by atoms with Crippen molar-refractivity contribution in [3.05, 3.63) is 70.2 Å². The molecular weight excluding hydrogens is 643 g/mol. The number of nitrogens with zero attached hydrogens (tertiary/aromatic N) is 3. The van der Waals surface area contributed by atoms with E-state index in [0.29, 0.717) is 0 Å². The molecule has 33 heavy (non-hydrogen) atoms. The quantitative estimate of drug-likeness (QED) is 0.250. The van der Waals surface area contributed by atoms with E-state index in [1.165, 1.54) is 0 Å². The van der Waals surface area contributed by atoms with Crippen LogP contribution in [0, 0.1) is 70.2 Å². The summed E-state index contributed by atoms with van der Waals surface area (Å²) in [4.78, 5) is 7.36. The summed E-state index contributed by atoms with van der Waals surface area (Å²) in [6.07, 6.45) is 0. The third kappa shape index (κ3) is 3.50. The number of hydrogen-bond donors (Lipinski definition) is 0. The van der Waals surface area contributed by atoms with Crippen molar-refractivity contribution < 1.29 is 52.7 Å². The summed E-state index contributed by atoms with van der Waals surface area (Å²) in [7, 11) is 11.9. The summed E-state index contributed by atoms with van der Waals surface area (Å²) in [6, 6.07) is 0. The summed E-state index contributed by atoms with van der Waals surface area (Å²) in [5, 5.41) is 0. The van der Waals surface area contributed by atoms with Crippen LogP contribution in [0.3, 0.4) is 0 Å². The van der Waals surface area contributed by atoms with E-state index in [9.17, 15) is 52.7 Å². The maximum absolute atomic E-state index is 14.6. The van der Waals surface area contributed by atoms with E-state index < -0.39 is 96.2 Å². The summed E-state index contributed by atoms with van der Waals surface area (Å²) < 4.78 is 160. The topological polar surface area (TPSA) is 38.7 Å². The number of aromatic nitrogens is 3. The van der Waals surface area contributed by atoms with Crippen LogP contribution in [0.25, 0.3) is 0 Å². The van der Waals surface area contributed by atoms with Crippen molar-refractivity contribution in [3.63, 3.8) is 0 Å². The summed E-state index contributed by atoms with van der Waals surface area (Å²) in [5.41, 5.74) is 0. The molecule has 178 valence electrons. The molecule has 0 atom stereocenters. The monoisotopic (exact) mass is 641 g/mol. The van der Waals surface area contributed by atoms with Crippen molar-refractivity contribution >= 4 is 43.7 Å². The Morgan fingerprint density at radius 2 is 0.576 bits per heavy atom. The first-order valence-electron chi connectivity index (χ1n) is 7.62. The molecule has 0 saturated heterocycles. The van der Waals surface area contributed by atoms with E-state index in [4.69, 9.17) is 17.7 Å². The van der Waals surface area contributed by atoms with Gasteiger partial charge in [-0.15, -0.1) is 0 Å². The fourth-order valence-electron chi connectivity index (χ4n) is 2.51. The predicted octanol–water partition coefficient (Wildman–Crippen LogP) is 3.44. The van der Waals surface area contributed by atoms with Crippen LogP contribution in [0.15, 0.2) is 0 Å². The maximum atomic E-state index is 14.6. The van der Waals surface area contributed by atoms with Crippen molar-refractivity contribution in [2.45, 2.75) is 0 Å². The third-order valence-electron chi connectivity index (χ3n) is 4.02. The van der Waals surface area contributed by atoms with Gasteiger partial charge < -0.3 is 0 Å². The first-order valence-corrected chi connectivity index (χ1v) is 17.9. The molecule has 3 aromatic heterocycles. The van der Waals surface area contributed by atoms with Gasteiger partial charge in [-0.1, -0.05) is 0 Å². The van der Waals surface area contributed by atoms with E-state index in [1.54, 1.807) is 0 Å². The number of rotatable bonds is 3. The molecule has 3 rings (SSSR count). The minimum absolute atomic E-state index is 2.27. The van der Waals surface area contributed by atoms with Crippen LogP contribution in [0.4, 0.5) is 52.7 Å². The van der Waals surface area contributed by atoms with Gasteiger partial charge in [0.25, 0.3) is 0 Å². The normalized spacial score (nSPS) is 13.2. The first-order chi connectivity index (χ1) is 15.0. The van der Waals surface area contributed by atoms with Crippen LogP contribution >= 0.6 is 17.7 Å². The van der Waals surface area contributed by atoms with E-state index in [1.807, 2.05) is 0 Å². The van der Waals surface area contributed by atoms with Gasteiger partial charge in [0.15, 0.2) is 0 Å². The zero-order chi connectivity index (χ0) is 25.2. The summed E-state index contributed by atoms with van der Waals surface area (Å²) in [6.45, 7) is 0. The van der Waals surface area contributed by atoms with E-state index >= 15 is 0 Å².